The Morgan fingerprint density at radius 1 is 1.45 bits per heavy atom. The Hall–Kier alpha value is -1.90. The van der Waals surface area contributed by atoms with Gasteiger partial charge >= 0.3 is 12.1 Å². The largest absolute Gasteiger partial charge is 0.465 e. The maximum atomic E-state index is 13.0. The van der Waals surface area contributed by atoms with Gasteiger partial charge in [0.25, 0.3) is 0 Å². The molecule has 120 valence electrons. The van der Waals surface area contributed by atoms with Gasteiger partial charge in [0.1, 0.15) is 5.56 Å². The van der Waals surface area contributed by atoms with E-state index in [9.17, 15) is 18.0 Å². The van der Waals surface area contributed by atoms with Crippen LogP contribution < -0.4 is 5.32 Å². The van der Waals surface area contributed by atoms with Crippen LogP contribution in [0.4, 0.5) is 19.1 Å². The normalized spacial score (nSPS) is 27.0. The predicted octanol–water partition coefficient (Wildman–Crippen LogP) is 2.01. The number of rotatable bonds is 3. The van der Waals surface area contributed by atoms with Gasteiger partial charge in [0.05, 0.1) is 25.4 Å². The van der Waals surface area contributed by atoms with E-state index in [1.54, 1.807) is 0 Å². The van der Waals surface area contributed by atoms with Crippen molar-refractivity contribution in [2.75, 3.05) is 12.4 Å². The number of fused-ring (bicyclic) bond motifs is 2. The number of aromatic nitrogens is 2. The Labute approximate surface area is 124 Å². The molecule has 0 amide bonds. The van der Waals surface area contributed by atoms with Crippen molar-refractivity contribution < 1.29 is 27.4 Å². The van der Waals surface area contributed by atoms with E-state index in [1.807, 2.05) is 0 Å². The molecule has 2 bridgehead atoms. The van der Waals surface area contributed by atoms with Crippen LogP contribution in [-0.4, -0.2) is 41.3 Å². The minimum atomic E-state index is -4.77. The first-order chi connectivity index (χ1) is 10.4. The van der Waals surface area contributed by atoms with Gasteiger partial charge in [-0.2, -0.15) is 13.2 Å². The molecule has 3 atom stereocenters. The average molecular weight is 317 g/mol. The first kappa shape index (κ1) is 15.0. The zero-order valence-electron chi connectivity index (χ0n) is 11.7. The second-order valence-electron chi connectivity index (χ2n) is 5.31. The third-order valence-corrected chi connectivity index (χ3v) is 3.88. The van der Waals surface area contributed by atoms with E-state index in [0.717, 1.165) is 26.1 Å². The minimum absolute atomic E-state index is 0.0248. The summed E-state index contributed by atoms with van der Waals surface area (Å²) in [6, 6.07) is -0.108. The van der Waals surface area contributed by atoms with Crippen molar-refractivity contribution in [3.05, 3.63) is 17.5 Å². The fraction of sp³-hybridized carbons (Fsp3) is 0.615. The Bertz CT molecular complexity index is 594. The van der Waals surface area contributed by atoms with Gasteiger partial charge in [-0.15, -0.1) is 0 Å². The van der Waals surface area contributed by atoms with Crippen LogP contribution in [0.5, 0.6) is 0 Å². The molecule has 2 aliphatic heterocycles. The molecule has 0 unspecified atom stereocenters. The molecule has 2 fully saturated rings. The molecule has 0 aliphatic carbocycles. The van der Waals surface area contributed by atoms with Crippen LogP contribution in [0.1, 0.15) is 35.3 Å². The van der Waals surface area contributed by atoms with Crippen molar-refractivity contribution in [2.45, 2.75) is 43.7 Å². The molecule has 1 aromatic heterocycles. The molecule has 2 aliphatic rings. The second kappa shape index (κ2) is 5.38. The van der Waals surface area contributed by atoms with Gasteiger partial charge in [-0.1, -0.05) is 0 Å². The number of alkyl halides is 3. The number of carbonyl (C=O) groups excluding carboxylic acids is 1. The van der Waals surface area contributed by atoms with Gasteiger partial charge in [-0.25, -0.2) is 14.8 Å². The fourth-order valence-corrected chi connectivity index (χ4v) is 2.88. The Kier molecular flexibility index (Phi) is 3.67. The standard InChI is InChI=1S/C13H14F3N3O3/c1-21-11(20)7-5-17-12(19-10(7)13(14,15)16)18-8-4-6-2-3-9(8)22-6/h5-6,8-9H,2-4H2,1H3,(H,17,18,19)/t6-,8+,9+/m1/s1. The van der Waals surface area contributed by atoms with Gasteiger partial charge in [0.2, 0.25) is 5.95 Å². The number of nitrogens with one attached hydrogen (secondary N) is 1. The fourth-order valence-electron chi connectivity index (χ4n) is 2.88. The van der Waals surface area contributed by atoms with Crippen LogP contribution in [0.3, 0.4) is 0 Å². The highest BCUT2D eigenvalue weighted by Crippen LogP contribution is 2.36. The maximum Gasteiger partial charge on any atom is 0.434 e. The van der Waals surface area contributed by atoms with Gasteiger partial charge in [0.15, 0.2) is 5.69 Å². The highest BCUT2D eigenvalue weighted by molar-refractivity contribution is 5.90. The lowest BCUT2D eigenvalue weighted by atomic mass is 9.96. The van der Waals surface area contributed by atoms with Gasteiger partial charge in [-0.3, -0.25) is 0 Å². The van der Waals surface area contributed by atoms with Crippen LogP contribution in [-0.2, 0) is 15.7 Å². The molecule has 0 radical (unpaired) electrons. The van der Waals surface area contributed by atoms with Gasteiger partial charge < -0.3 is 14.8 Å². The van der Waals surface area contributed by atoms with Gasteiger partial charge in [0, 0.05) is 6.20 Å². The first-order valence-corrected chi connectivity index (χ1v) is 6.83. The molecule has 1 N–H and O–H groups in total. The van der Waals surface area contributed by atoms with E-state index in [0.29, 0.717) is 6.42 Å². The number of ether oxygens (including phenoxy) is 2. The number of nitrogens with zero attached hydrogens (tertiary/aromatic N) is 2. The lowest BCUT2D eigenvalue weighted by Crippen LogP contribution is -2.31. The van der Waals surface area contributed by atoms with E-state index in [4.69, 9.17) is 4.74 Å². The Morgan fingerprint density at radius 3 is 2.77 bits per heavy atom. The van der Waals surface area contributed by atoms with E-state index in [2.05, 4.69) is 20.0 Å². The smallest absolute Gasteiger partial charge is 0.434 e. The molecule has 9 heteroatoms. The highest BCUT2D eigenvalue weighted by atomic mass is 19.4. The third kappa shape index (κ3) is 2.72. The predicted molar refractivity (Wildman–Crippen MR) is 68.3 cm³/mol. The van der Waals surface area contributed by atoms with Crippen molar-refractivity contribution >= 4 is 11.9 Å². The summed E-state index contributed by atoms with van der Waals surface area (Å²) in [5.41, 5.74) is -2.01. The van der Waals surface area contributed by atoms with Crippen molar-refractivity contribution in [1.29, 1.82) is 0 Å². The van der Waals surface area contributed by atoms with Crippen molar-refractivity contribution in [3.63, 3.8) is 0 Å². The lowest BCUT2D eigenvalue weighted by Gasteiger charge is -2.20. The molecule has 22 heavy (non-hydrogen) atoms. The summed E-state index contributed by atoms with van der Waals surface area (Å²) in [4.78, 5) is 18.6. The molecule has 0 aromatic carbocycles. The quantitative estimate of drug-likeness (QED) is 0.860. The highest BCUT2D eigenvalue weighted by Gasteiger charge is 2.42. The van der Waals surface area contributed by atoms with Crippen molar-refractivity contribution in [3.8, 4) is 0 Å². The van der Waals surface area contributed by atoms with E-state index >= 15 is 0 Å². The summed E-state index contributed by atoms with van der Waals surface area (Å²) < 4.78 is 49.1. The SMILES string of the molecule is COC(=O)c1cnc(N[C@H]2C[C@H]3CC[C@@H]2O3)nc1C(F)(F)F. The first-order valence-electron chi connectivity index (χ1n) is 6.83. The number of hydrogen-bond acceptors (Lipinski definition) is 6. The van der Waals surface area contributed by atoms with Crippen molar-refractivity contribution in [1.82, 2.24) is 9.97 Å². The summed E-state index contributed by atoms with van der Waals surface area (Å²) >= 11 is 0. The molecule has 6 nitrogen and oxygen atoms in total. The molecule has 3 heterocycles. The van der Waals surface area contributed by atoms with E-state index < -0.39 is 23.4 Å². The lowest BCUT2D eigenvalue weighted by molar-refractivity contribution is -0.141. The van der Waals surface area contributed by atoms with Crippen LogP contribution >= 0.6 is 0 Å². The van der Waals surface area contributed by atoms with Crippen LogP contribution in [0.25, 0.3) is 0 Å². The molecule has 0 saturated carbocycles. The topological polar surface area (TPSA) is 73.3 Å². The summed E-state index contributed by atoms with van der Waals surface area (Å²) in [5, 5.41) is 2.87. The monoisotopic (exact) mass is 317 g/mol. The van der Waals surface area contributed by atoms with Crippen LogP contribution in [0.15, 0.2) is 6.20 Å². The summed E-state index contributed by atoms with van der Waals surface area (Å²) in [6.45, 7) is 0. The number of esters is 1. The number of methoxy groups -OCH3 is 1. The number of hydrogen-bond donors (Lipinski definition) is 1. The summed E-state index contributed by atoms with van der Waals surface area (Å²) in [5.74, 6) is -1.29. The number of anilines is 1. The minimum Gasteiger partial charge on any atom is -0.465 e. The molecule has 3 rings (SSSR count). The Morgan fingerprint density at radius 2 is 2.23 bits per heavy atom. The van der Waals surface area contributed by atoms with E-state index in [-0.39, 0.29) is 24.2 Å². The number of halogens is 3. The van der Waals surface area contributed by atoms with Crippen molar-refractivity contribution in [2.24, 2.45) is 0 Å². The van der Waals surface area contributed by atoms with E-state index in [1.165, 1.54) is 0 Å². The number of carbonyl (C=O) groups is 1. The molecule has 1 aromatic rings. The van der Waals surface area contributed by atoms with Crippen LogP contribution in [0.2, 0.25) is 0 Å². The maximum absolute atomic E-state index is 13.0. The summed E-state index contributed by atoms with van der Waals surface area (Å²) in [6.07, 6.45) is -1.25. The Balaban J connectivity index is 1.85. The third-order valence-electron chi connectivity index (χ3n) is 3.88. The zero-order valence-corrected chi connectivity index (χ0v) is 11.7. The van der Waals surface area contributed by atoms with Crippen LogP contribution in [0, 0.1) is 0 Å². The second-order valence-corrected chi connectivity index (χ2v) is 5.31. The average Bonchev–Trinajstić information content (AvgIpc) is 3.08. The molecular weight excluding hydrogens is 303 g/mol. The van der Waals surface area contributed by atoms with Gasteiger partial charge in [-0.05, 0) is 19.3 Å². The molecule has 2 saturated heterocycles. The molecule has 0 spiro atoms. The zero-order chi connectivity index (χ0) is 15.9. The summed E-state index contributed by atoms with van der Waals surface area (Å²) in [7, 11) is 1.00. The molecular formula is C13H14F3N3O3.